The Bertz CT molecular complexity index is 1020. The van der Waals surface area contributed by atoms with Gasteiger partial charge in [-0.3, -0.25) is 9.59 Å². The highest BCUT2D eigenvalue weighted by atomic mass is 16.5. The van der Waals surface area contributed by atoms with E-state index >= 15 is 0 Å². The third-order valence-corrected chi connectivity index (χ3v) is 12.1. The van der Waals surface area contributed by atoms with Crippen molar-refractivity contribution in [3.8, 4) is 0 Å². The first-order valence-corrected chi connectivity index (χ1v) is 17.3. The second kappa shape index (κ2) is 12.5. The number of hydrogen-bond acceptors (Lipinski definition) is 8. The number of carbonyl (C=O) groups excluding carboxylic acids is 2. The number of nitrogens with one attached hydrogen (secondary N) is 1. The quantitative estimate of drug-likeness (QED) is 0.375. The number of Topliss-reactive ketones (excluding diaryl/α,β-unsaturated/α-hetero) is 1. The maximum absolute atomic E-state index is 14.1. The van der Waals surface area contributed by atoms with Gasteiger partial charge in [-0.1, -0.05) is 19.3 Å². The highest BCUT2D eigenvalue weighted by Gasteiger charge is 2.58. The van der Waals surface area contributed by atoms with Crippen molar-refractivity contribution >= 4 is 11.7 Å². The van der Waals surface area contributed by atoms with Gasteiger partial charge in [0.1, 0.15) is 0 Å². The maximum Gasteiger partial charge on any atom is 0.259 e. The molecule has 0 bridgehead atoms. The predicted molar refractivity (Wildman–Crippen MR) is 163 cm³/mol. The van der Waals surface area contributed by atoms with Crippen LogP contribution in [0.5, 0.6) is 0 Å². The van der Waals surface area contributed by atoms with Crippen LogP contribution in [0.25, 0.3) is 0 Å². The summed E-state index contributed by atoms with van der Waals surface area (Å²) in [6, 6.07) is 0.613. The molecule has 0 aromatic rings. The Morgan fingerprint density at radius 3 is 2.40 bits per heavy atom. The Morgan fingerprint density at radius 1 is 0.881 bits per heavy atom. The van der Waals surface area contributed by atoms with Gasteiger partial charge in [-0.25, -0.2) is 0 Å². The number of nitrogens with zero attached hydrogens (tertiary/aromatic N) is 5. The lowest BCUT2D eigenvalue weighted by Gasteiger charge is -2.62. The van der Waals surface area contributed by atoms with Crippen LogP contribution in [0.1, 0.15) is 57.8 Å². The zero-order valence-electron chi connectivity index (χ0n) is 26.1. The van der Waals surface area contributed by atoms with Gasteiger partial charge in [0.15, 0.2) is 5.78 Å². The molecule has 3 saturated carbocycles. The molecule has 8 atom stereocenters. The van der Waals surface area contributed by atoms with Crippen LogP contribution in [-0.2, 0) is 14.3 Å². The third-order valence-electron chi connectivity index (χ3n) is 12.1. The molecular formula is C33H54N6O3. The number of carbonyl (C=O) groups is 2. The van der Waals surface area contributed by atoms with Gasteiger partial charge >= 0.3 is 0 Å². The summed E-state index contributed by atoms with van der Waals surface area (Å²) in [4.78, 5) is 39.7. The summed E-state index contributed by atoms with van der Waals surface area (Å²) in [5.41, 5.74) is 0.455. The van der Waals surface area contributed by atoms with Crippen LogP contribution in [0.2, 0.25) is 0 Å². The highest BCUT2D eigenvalue weighted by molar-refractivity contribution is 6.20. The molecule has 0 spiro atoms. The molecule has 6 fully saturated rings. The molecule has 3 aliphatic carbocycles. The Morgan fingerprint density at radius 2 is 1.62 bits per heavy atom. The van der Waals surface area contributed by atoms with E-state index in [0.717, 1.165) is 70.9 Å². The Kier molecular flexibility index (Phi) is 8.67. The van der Waals surface area contributed by atoms with Gasteiger partial charge < -0.3 is 34.6 Å². The number of piperazine rings is 2. The third kappa shape index (κ3) is 5.57. The molecule has 1 amide bonds. The van der Waals surface area contributed by atoms with E-state index in [1.165, 1.54) is 45.2 Å². The highest BCUT2D eigenvalue weighted by Crippen LogP contribution is 2.50. The molecule has 7 rings (SSSR count). The van der Waals surface area contributed by atoms with E-state index in [-0.39, 0.29) is 41.9 Å². The van der Waals surface area contributed by atoms with Crippen molar-refractivity contribution < 1.29 is 14.3 Å². The average molecular weight is 583 g/mol. The topological polar surface area (TPSA) is 71.6 Å². The fourth-order valence-corrected chi connectivity index (χ4v) is 9.64. The molecule has 0 radical (unpaired) electrons. The Balaban J connectivity index is 1.11. The van der Waals surface area contributed by atoms with Crippen LogP contribution in [0.3, 0.4) is 0 Å². The molecule has 9 heteroatoms. The van der Waals surface area contributed by atoms with Crippen LogP contribution in [0.4, 0.5) is 0 Å². The summed E-state index contributed by atoms with van der Waals surface area (Å²) >= 11 is 0. The molecule has 9 nitrogen and oxygen atoms in total. The number of hydrogen-bond donors (Lipinski definition) is 1. The van der Waals surface area contributed by atoms with Crippen molar-refractivity contribution in [1.82, 2.24) is 29.8 Å². The Hall–Kier alpha value is -1.52. The van der Waals surface area contributed by atoms with Crippen LogP contribution < -0.4 is 5.32 Å². The fraction of sp³-hybridized carbons (Fsp3) is 0.879. The summed E-state index contributed by atoms with van der Waals surface area (Å²) in [5.74, 6) is 1.27. The van der Waals surface area contributed by atoms with Crippen molar-refractivity contribution in [3.05, 3.63) is 11.8 Å². The minimum Gasteiger partial charge on any atom is -0.369 e. The van der Waals surface area contributed by atoms with E-state index in [1.807, 2.05) is 4.90 Å². The first kappa shape index (κ1) is 29.2. The largest absolute Gasteiger partial charge is 0.369 e. The van der Waals surface area contributed by atoms with Crippen molar-refractivity contribution in [2.45, 2.75) is 88.1 Å². The van der Waals surface area contributed by atoms with Gasteiger partial charge in [0.25, 0.3) is 5.91 Å². The Labute approximate surface area is 252 Å². The second-order valence-electron chi connectivity index (χ2n) is 14.6. The zero-order chi connectivity index (χ0) is 28.8. The second-order valence-corrected chi connectivity index (χ2v) is 14.6. The summed E-state index contributed by atoms with van der Waals surface area (Å²) in [7, 11) is 4.32. The smallest absolute Gasteiger partial charge is 0.259 e. The van der Waals surface area contributed by atoms with Gasteiger partial charge in [-0.05, 0) is 77.5 Å². The SMILES string of the molecule is CN1CCN(CCCNC2CCC3C(=O)C(C(=O)N4CCN(C)CC4)=CN4C5C(CCC6CCCCC65)OC2C34)CC1. The monoisotopic (exact) mass is 582 g/mol. The molecule has 4 heterocycles. The number of likely N-dealkylation sites (N-methyl/N-ethyl adjacent to an activating group) is 2. The molecule has 234 valence electrons. The molecule has 7 aliphatic rings. The first-order chi connectivity index (χ1) is 20.5. The van der Waals surface area contributed by atoms with Crippen molar-refractivity contribution in [2.24, 2.45) is 17.8 Å². The van der Waals surface area contributed by atoms with Crippen molar-refractivity contribution in [3.63, 3.8) is 0 Å². The van der Waals surface area contributed by atoms with Gasteiger partial charge in [0, 0.05) is 70.5 Å². The number of ether oxygens (including phenoxy) is 1. The molecule has 42 heavy (non-hydrogen) atoms. The normalized spacial score (nSPS) is 39.8. The molecule has 1 N–H and O–H groups in total. The fourth-order valence-electron chi connectivity index (χ4n) is 9.64. The zero-order valence-corrected chi connectivity index (χ0v) is 26.1. The number of ketones is 1. The molecule has 0 aromatic carbocycles. The molecule has 8 unspecified atom stereocenters. The van der Waals surface area contributed by atoms with E-state index in [9.17, 15) is 9.59 Å². The average Bonchev–Trinajstić information content (AvgIpc) is 3.01. The molecule has 4 aliphatic heterocycles. The summed E-state index contributed by atoms with van der Waals surface area (Å²) in [6.07, 6.45) is 12.8. The number of fused-ring (bicyclic) bond motifs is 4. The van der Waals surface area contributed by atoms with Gasteiger partial charge in [-0.15, -0.1) is 0 Å². The van der Waals surface area contributed by atoms with Crippen LogP contribution >= 0.6 is 0 Å². The summed E-state index contributed by atoms with van der Waals surface area (Å²) in [6.45, 7) is 9.94. The van der Waals surface area contributed by atoms with E-state index in [1.54, 1.807) is 0 Å². The standard InChI is InChI=1S/C33H54N6O3/c1-35-14-18-37(19-15-35)13-5-12-34-27-10-9-25-30-32(27)42-28-11-8-23-6-3-4-7-24(23)29(28)39(30)22-26(31(25)40)33(41)38-20-16-36(2)17-21-38/h22-25,27-30,32,34H,3-21H2,1-2H3. The van der Waals surface area contributed by atoms with Gasteiger partial charge in [0.05, 0.1) is 29.9 Å². The van der Waals surface area contributed by atoms with E-state index < -0.39 is 0 Å². The van der Waals surface area contributed by atoms with Crippen LogP contribution in [0.15, 0.2) is 11.8 Å². The lowest BCUT2D eigenvalue weighted by Crippen LogP contribution is -2.72. The number of amides is 1. The summed E-state index contributed by atoms with van der Waals surface area (Å²) in [5, 5.41) is 3.91. The van der Waals surface area contributed by atoms with Crippen LogP contribution in [-0.4, -0.2) is 146 Å². The van der Waals surface area contributed by atoms with Gasteiger partial charge in [-0.2, -0.15) is 0 Å². The molecule has 0 aromatic heterocycles. The van der Waals surface area contributed by atoms with Crippen molar-refractivity contribution in [2.75, 3.05) is 79.5 Å². The first-order valence-electron chi connectivity index (χ1n) is 17.3. The lowest BCUT2D eigenvalue weighted by molar-refractivity contribution is -0.207. The minimum atomic E-state index is -0.139. The number of rotatable bonds is 6. The van der Waals surface area contributed by atoms with E-state index in [0.29, 0.717) is 30.6 Å². The molecule has 3 saturated heterocycles. The van der Waals surface area contributed by atoms with Crippen LogP contribution in [0, 0.1) is 17.8 Å². The van der Waals surface area contributed by atoms with Gasteiger partial charge in [0.2, 0.25) is 0 Å². The molecular weight excluding hydrogens is 528 g/mol. The number of morpholine rings is 1. The lowest BCUT2D eigenvalue weighted by atomic mass is 9.63. The van der Waals surface area contributed by atoms with E-state index in [4.69, 9.17) is 4.74 Å². The van der Waals surface area contributed by atoms with Crippen molar-refractivity contribution in [1.29, 1.82) is 0 Å². The minimum absolute atomic E-state index is 0.00858. The predicted octanol–water partition coefficient (Wildman–Crippen LogP) is 1.64. The summed E-state index contributed by atoms with van der Waals surface area (Å²) < 4.78 is 7.12. The van der Waals surface area contributed by atoms with E-state index in [2.05, 4.69) is 45.2 Å². The maximum atomic E-state index is 14.1.